The molecule has 0 rings (SSSR count). The minimum atomic E-state index is 0.861. The Kier molecular flexibility index (Phi) is 7.64. The first-order valence-corrected chi connectivity index (χ1v) is 5.48. The minimum Gasteiger partial charge on any atom is -0.0654 e. The first kappa shape index (κ1) is 12.0. The van der Waals surface area contributed by atoms with Crippen LogP contribution in [0.1, 0.15) is 59.8 Å². The minimum absolute atomic E-state index is 0.861. The molecule has 0 heterocycles. The number of unbranched alkanes of at least 4 members (excludes halogenated alkanes) is 3. The average molecular weight is 169 g/mol. The van der Waals surface area contributed by atoms with Gasteiger partial charge in [0.15, 0.2) is 0 Å². The predicted molar refractivity (Wildman–Crippen MR) is 57.1 cm³/mol. The molecule has 0 aromatic heterocycles. The summed E-state index contributed by atoms with van der Waals surface area (Å²) in [6.45, 7) is 9.24. The molecule has 0 fully saturated rings. The first-order chi connectivity index (χ1) is 5.66. The second-order valence-electron chi connectivity index (χ2n) is 4.40. The summed E-state index contributed by atoms with van der Waals surface area (Å²) in [6.07, 6.45) is 9.18. The molecule has 0 aromatic rings. The lowest BCUT2D eigenvalue weighted by atomic mass is 9.94. The van der Waals surface area contributed by atoms with Crippen molar-refractivity contribution in [2.24, 2.45) is 11.8 Å². The zero-order valence-corrected chi connectivity index (χ0v) is 9.27. The average Bonchev–Trinajstić information content (AvgIpc) is 1.97. The van der Waals surface area contributed by atoms with Crippen molar-refractivity contribution in [3.8, 4) is 0 Å². The SMILES string of the molecule is CCCC[CH]CC(C)CC(C)C. The van der Waals surface area contributed by atoms with Crippen molar-refractivity contribution >= 4 is 0 Å². The normalized spacial score (nSPS) is 13.8. The third kappa shape index (κ3) is 8.10. The third-order valence-corrected chi connectivity index (χ3v) is 2.20. The summed E-state index contributed by atoms with van der Waals surface area (Å²) in [5.74, 6) is 1.75. The maximum atomic E-state index is 2.47. The van der Waals surface area contributed by atoms with Crippen LogP contribution in [-0.4, -0.2) is 0 Å². The molecule has 0 heteroatoms. The molecule has 1 unspecified atom stereocenters. The van der Waals surface area contributed by atoms with E-state index in [-0.39, 0.29) is 0 Å². The number of hydrogen-bond acceptors (Lipinski definition) is 0. The van der Waals surface area contributed by atoms with Crippen LogP contribution >= 0.6 is 0 Å². The van der Waals surface area contributed by atoms with Crippen LogP contribution in [0.15, 0.2) is 0 Å². The summed E-state index contributed by atoms with van der Waals surface area (Å²) in [5.41, 5.74) is 0. The van der Waals surface area contributed by atoms with Crippen molar-refractivity contribution in [2.75, 3.05) is 0 Å². The molecular weight excluding hydrogens is 144 g/mol. The van der Waals surface area contributed by atoms with Gasteiger partial charge in [-0.1, -0.05) is 47.0 Å². The fourth-order valence-electron chi connectivity index (χ4n) is 1.65. The van der Waals surface area contributed by atoms with E-state index in [1.165, 1.54) is 32.1 Å². The Morgan fingerprint density at radius 1 is 1.17 bits per heavy atom. The summed E-state index contributed by atoms with van der Waals surface area (Å²) in [6, 6.07) is 0. The van der Waals surface area contributed by atoms with Crippen LogP contribution in [0, 0.1) is 18.3 Å². The van der Waals surface area contributed by atoms with E-state index in [1.807, 2.05) is 0 Å². The van der Waals surface area contributed by atoms with Gasteiger partial charge in [0.2, 0.25) is 0 Å². The molecule has 0 aromatic carbocycles. The van der Waals surface area contributed by atoms with Crippen LogP contribution in [0.5, 0.6) is 0 Å². The molecule has 0 spiro atoms. The van der Waals surface area contributed by atoms with Gasteiger partial charge in [0.05, 0.1) is 0 Å². The second kappa shape index (κ2) is 7.64. The van der Waals surface area contributed by atoms with E-state index in [4.69, 9.17) is 0 Å². The fourth-order valence-corrected chi connectivity index (χ4v) is 1.65. The fraction of sp³-hybridized carbons (Fsp3) is 0.917. The van der Waals surface area contributed by atoms with Gasteiger partial charge in [0.25, 0.3) is 0 Å². The summed E-state index contributed by atoms with van der Waals surface area (Å²) in [5, 5.41) is 0. The number of rotatable bonds is 7. The van der Waals surface area contributed by atoms with Crippen LogP contribution in [0.25, 0.3) is 0 Å². The topological polar surface area (TPSA) is 0 Å². The Bertz CT molecular complexity index is 84.0. The molecule has 0 amide bonds. The van der Waals surface area contributed by atoms with E-state index < -0.39 is 0 Å². The van der Waals surface area contributed by atoms with Crippen molar-refractivity contribution in [2.45, 2.75) is 59.8 Å². The predicted octanol–water partition coefficient (Wildman–Crippen LogP) is 4.45. The van der Waals surface area contributed by atoms with Gasteiger partial charge in [0.1, 0.15) is 0 Å². The zero-order valence-electron chi connectivity index (χ0n) is 9.27. The molecule has 0 aliphatic carbocycles. The van der Waals surface area contributed by atoms with Gasteiger partial charge in [-0.25, -0.2) is 0 Å². The van der Waals surface area contributed by atoms with Crippen LogP contribution in [0.3, 0.4) is 0 Å². The molecule has 0 bridgehead atoms. The highest BCUT2D eigenvalue weighted by Gasteiger charge is 2.03. The van der Waals surface area contributed by atoms with E-state index in [2.05, 4.69) is 34.1 Å². The first-order valence-electron chi connectivity index (χ1n) is 5.48. The van der Waals surface area contributed by atoms with E-state index in [1.54, 1.807) is 0 Å². The largest absolute Gasteiger partial charge is 0.0654 e. The smallest absolute Gasteiger partial charge is 0.0383 e. The molecule has 0 aliphatic heterocycles. The Hall–Kier alpha value is 0. The number of hydrogen-bond donors (Lipinski definition) is 0. The van der Waals surface area contributed by atoms with E-state index >= 15 is 0 Å². The molecular formula is C12H25. The summed E-state index contributed by atoms with van der Waals surface area (Å²) >= 11 is 0. The van der Waals surface area contributed by atoms with Crippen molar-refractivity contribution in [1.29, 1.82) is 0 Å². The van der Waals surface area contributed by atoms with Gasteiger partial charge in [-0.3, -0.25) is 0 Å². The highest BCUT2D eigenvalue weighted by molar-refractivity contribution is 4.69. The van der Waals surface area contributed by atoms with Crippen LogP contribution in [-0.2, 0) is 0 Å². The quantitative estimate of drug-likeness (QED) is 0.494. The van der Waals surface area contributed by atoms with Gasteiger partial charge >= 0.3 is 0 Å². The third-order valence-electron chi connectivity index (χ3n) is 2.20. The van der Waals surface area contributed by atoms with Crippen molar-refractivity contribution in [3.05, 3.63) is 6.42 Å². The standard InChI is InChI=1S/C12H25/c1-5-6-7-8-9-12(4)10-11(2)3/h8,11-12H,5-7,9-10H2,1-4H3. The second-order valence-corrected chi connectivity index (χ2v) is 4.40. The highest BCUT2D eigenvalue weighted by Crippen LogP contribution is 2.17. The van der Waals surface area contributed by atoms with E-state index in [0.29, 0.717) is 0 Å². The van der Waals surface area contributed by atoms with Gasteiger partial charge in [-0.2, -0.15) is 0 Å². The maximum Gasteiger partial charge on any atom is -0.0383 e. The summed E-state index contributed by atoms with van der Waals surface area (Å²) in [7, 11) is 0. The molecule has 1 radical (unpaired) electrons. The Labute approximate surface area is 78.8 Å². The molecule has 1 atom stereocenters. The van der Waals surface area contributed by atoms with Crippen LogP contribution < -0.4 is 0 Å². The lowest BCUT2D eigenvalue weighted by Crippen LogP contribution is -2.00. The highest BCUT2D eigenvalue weighted by atomic mass is 14.1. The summed E-state index contributed by atoms with van der Waals surface area (Å²) in [4.78, 5) is 0. The van der Waals surface area contributed by atoms with Crippen molar-refractivity contribution < 1.29 is 0 Å². The molecule has 0 nitrogen and oxygen atoms in total. The molecule has 73 valence electrons. The van der Waals surface area contributed by atoms with E-state index in [9.17, 15) is 0 Å². The Balaban J connectivity index is 3.14. The van der Waals surface area contributed by atoms with Gasteiger partial charge < -0.3 is 0 Å². The molecule has 0 aliphatic rings. The summed E-state index contributed by atoms with van der Waals surface area (Å²) < 4.78 is 0. The van der Waals surface area contributed by atoms with Crippen LogP contribution in [0.2, 0.25) is 0 Å². The van der Waals surface area contributed by atoms with Gasteiger partial charge in [0, 0.05) is 0 Å². The Morgan fingerprint density at radius 2 is 1.83 bits per heavy atom. The monoisotopic (exact) mass is 169 g/mol. The molecule has 0 N–H and O–H groups in total. The molecule has 0 saturated heterocycles. The molecule has 12 heavy (non-hydrogen) atoms. The van der Waals surface area contributed by atoms with Crippen molar-refractivity contribution in [3.63, 3.8) is 0 Å². The van der Waals surface area contributed by atoms with E-state index in [0.717, 1.165) is 11.8 Å². The molecule has 0 saturated carbocycles. The maximum absolute atomic E-state index is 2.47. The van der Waals surface area contributed by atoms with Gasteiger partial charge in [-0.05, 0) is 31.1 Å². The van der Waals surface area contributed by atoms with Crippen molar-refractivity contribution in [1.82, 2.24) is 0 Å². The zero-order chi connectivity index (χ0) is 9.40. The lowest BCUT2D eigenvalue weighted by Gasteiger charge is -2.12. The van der Waals surface area contributed by atoms with Gasteiger partial charge in [-0.15, -0.1) is 0 Å². The Morgan fingerprint density at radius 3 is 2.33 bits per heavy atom. The van der Waals surface area contributed by atoms with Crippen LogP contribution in [0.4, 0.5) is 0 Å². The lowest BCUT2D eigenvalue weighted by molar-refractivity contribution is 0.429.